The van der Waals surface area contributed by atoms with Crippen LogP contribution < -0.4 is 10.6 Å². The second kappa shape index (κ2) is 5.41. The molecule has 0 aromatic heterocycles. The topological polar surface area (TPSA) is 24.1 Å². The van der Waals surface area contributed by atoms with E-state index in [-0.39, 0.29) is 0 Å². The van der Waals surface area contributed by atoms with Crippen LogP contribution in [-0.2, 0) is 19.4 Å². The summed E-state index contributed by atoms with van der Waals surface area (Å²) in [4.78, 5) is 0. The van der Waals surface area contributed by atoms with Crippen molar-refractivity contribution >= 4 is 0 Å². The third-order valence-electron chi connectivity index (χ3n) is 4.11. The largest absolute Gasteiger partial charge is 0.312 e. The smallest absolute Gasteiger partial charge is 0.0208 e. The number of hydrogen-bond acceptors (Lipinski definition) is 2. The van der Waals surface area contributed by atoms with Gasteiger partial charge in [0.1, 0.15) is 0 Å². The summed E-state index contributed by atoms with van der Waals surface area (Å²) in [5.41, 5.74) is 4.59. The number of benzene rings is 1. The van der Waals surface area contributed by atoms with Crippen LogP contribution in [0.25, 0.3) is 0 Å². The zero-order valence-corrected chi connectivity index (χ0v) is 11.3. The molecule has 2 N–H and O–H groups in total. The SMILES string of the molecule is CC(CNC1CC1)NCc1ccc2c(c1)CCC2. The van der Waals surface area contributed by atoms with Crippen LogP contribution >= 0.6 is 0 Å². The fourth-order valence-corrected chi connectivity index (χ4v) is 2.73. The van der Waals surface area contributed by atoms with Crippen molar-refractivity contribution in [3.63, 3.8) is 0 Å². The lowest BCUT2D eigenvalue weighted by Gasteiger charge is -2.15. The van der Waals surface area contributed by atoms with Crippen molar-refractivity contribution in [2.45, 2.75) is 57.7 Å². The number of nitrogens with one attached hydrogen (secondary N) is 2. The average molecular weight is 244 g/mol. The first-order valence-electron chi connectivity index (χ1n) is 7.39. The number of fused-ring (bicyclic) bond motifs is 1. The van der Waals surface area contributed by atoms with Crippen molar-refractivity contribution in [2.75, 3.05) is 6.54 Å². The molecule has 0 aliphatic heterocycles. The third-order valence-corrected chi connectivity index (χ3v) is 4.11. The van der Waals surface area contributed by atoms with E-state index < -0.39 is 0 Å². The van der Waals surface area contributed by atoms with E-state index in [1.165, 1.54) is 37.7 Å². The first-order valence-corrected chi connectivity index (χ1v) is 7.39. The molecule has 0 bridgehead atoms. The van der Waals surface area contributed by atoms with Gasteiger partial charge in [0.2, 0.25) is 0 Å². The highest BCUT2D eigenvalue weighted by Gasteiger charge is 2.20. The molecule has 0 spiro atoms. The molecule has 1 unspecified atom stereocenters. The van der Waals surface area contributed by atoms with E-state index in [2.05, 4.69) is 35.8 Å². The molecular formula is C16H24N2. The summed E-state index contributed by atoms with van der Waals surface area (Å²) in [6, 6.07) is 8.38. The van der Waals surface area contributed by atoms with Gasteiger partial charge in [0.15, 0.2) is 0 Å². The molecule has 0 saturated heterocycles. The molecule has 2 aliphatic rings. The summed E-state index contributed by atoms with van der Waals surface area (Å²) in [6.45, 7) is 4.36. The molecule has 1 aromatic carbocycles. The Kier molecular flexibility index (Phi) is 3.67. The minimum atomic E-state index is 0.554. The van der Waals surface area contributed by atoms with Crippen molar-refractivity contribution in [3.05, 3.63) is 34.9 Å². The Morgan fingerprint density at radius 1 is 1.22 bits per heavy atom. The molecule has 0 heterocycles. The van der Waals surface area contributed by atoms with Crippen LogP contribution in [0, 0.1) is 0 Å². The third kappa shape index (κ3) is 3.12. The van der Waals surface area contributed by atoms with E-state index in [0.29, 0.717) is 6.04 Å². The summed E-state index contributed by atoms with van der Waals surface area (Å²) >= 11 is 0. The van der Waals surface area contributed by atoms with Crippen molar-refractivity contribution < 1.29 is 0 Å². The van der Waals surface area contributed by atoms with Gasteiger partial charge in [-0.05, 0) is 55.7 Å². The lowest BCUT2D eigenvalue weighted by atomic mass is 10.1. The van der Waals surface area contributed by atoms with E-state index in [9.17, 15) is 0 Å². The van der Waals surface area contributed by atoms with Crippen molar-refractivity contribution in [1.82, 2.24) is 10.6 Å². The first kappa shape index (κ1) is 12.2. The van der Waals surface area contributed by atoms with Crippen molar-refractivity contribution in [2.24, 2.45) is 0 Å². The van der Waals surface area contributed by atoms with E-state index >= 15 is 0 Å². The summed E-state index contributed by atoms with van der Waals surface area (Å²) in [6.07, 6.45) is 6.65. The van der Waals surface area contributed by atoms with Gasteiger partial charge in [0.25, 0.3) is 0 Å². The highest BCUT2D eigenvalue weighted by Crippen LogP contribution is 2.22. The Labute approximate surface area is 110 Å². The maximum absolute atomic E-state index is 3.61. The quantitative estimate of drug-likeness (QED) is 0.803. The number of rotatable bonds is 6. The molecule has 2 nitrogen and oxygen atoms in total. The molecule has 98 valence electrons. The number of aryl methyl sites for hydroxylation is 2. The zero-order chi connectivity index (χ0) is 12.4. The van der Waals surface area contributed by atoms with E-state index in [0.717, 1.165) is 19.1 Å². The minimum Gasteiger partial charge on any atom is -0.312 e. The van der Waals surface area contributed by atoms with E-state index in [1.54, 1.807) is 11.1 Å². The van der Waals surface area contributed by atoms with E-state index in [1.807, 2.05) is 0 Å². The fraction of sp³-hybridized carbons (Fsp3) is 0.625. The summed E-state index contributed by atoms with van der Waals surface area (Å²) in [5, 5.41) is 7.18. The van der Waals surface area contributed by atoms with Crippen LogP contribution in [0.2, 0.25) is 0 Å². The summed E-state index contributed by atoms with van der Waals surface area (Å²) in [5.74, 6) is 0. The first-order chi connectivity index (χ1) is 8.81. The highest BCUT2D eigenvalue weighted by atomic mass is 15.0. The molecular weight excluding hydrogens is 220 g/mol. The normalized spacial score (nSPS) is 19.8. The van der Waals surface area contributed by atoms with Crippen LogP contribution in [0.5, 0.6) is 0 Å². The van der Waals surface area contributed by atoms with E-state index in [4.69, 9.17) is 0 Å². The molecule has 1 saturated carbocycles. The summed E-state index contributed by atoms with van der Waals surface area (Å²) < 4.78 is 0. The lowest BCUT2D eigenvalue weighted by molar-refractivity contribution is 0.500. The van der Waals surface area contributed by atoms with Crippen LogP contribution in [-0.4, -0.2) is 18.6 Å². The average Bonchev–Trinajstić information content (AvgIpc) is 3.10. The van der Waals surface area contributed by atoms with Gasteiger partial charge in [-0.25, -0.2) is 0 Å². The Balaban J connectivity index is 1.46. The van der Waals surface area contributed by atoms with Gasteiger partial charge >= 0.3 is 0 Å². The predicted octanol–water partition coefficient (Wildman–Crippen LogP) is 2.41. The molecule has 18 heavy (non-hydrogen) atoms. The molecule has 0 amide bonds. The van der Waals surface area contributed by atoms with Gasteiger partial charge in [-0.2, -0.15) is 0 Å². The van der Waals surface area contributed by atoms with Gasteiger partial charge in [0, 0.05) is 25.2 Å². The van der Waals surface area contributed by atoms with Gasteiger partial charge in [-0.15, -0.1) is 0 Å². The molecule has 2 aliphatic carbocycles. The minimum absolute atomic E-state index is 0.554. The Bertz CT molecular complexity index is 410. The van der Waals surface area contributed by atoms with Crippen molar-refractivity contribution in [3.8, 4) is 0 Å². The molecule has 1 aromatic rings. The Morgan fingerprint density at radius 3 is 2.89 bits per heavy atom. The van der Waals surface area contributed by atoms with Gasteiger partial charge in [0.05, 0.1) is 0 Å². The maximum atomic E-state index is 3.61. The van der Waals surface area contributed by atoms with Crippen LogP contribution in [0.1, 0.15) is 42.9 Å². The molecule has 0 radical (unpaired) electrons. The number of hydrogen-bond donors (Lipinski definition) is 2. The van der Waals surface area contributed by atoms with Crippen molar-refractivity contribution in [1.29, 1.82) is 0 Å². The van der Waals surface area contributed by atoms with Gasteiger partial charge in [-0.1, -0.05) is 18.2 Å². The maximum Gasteiger partial charge on any atom is 0.0208 e. The molecule has 2 heteroatoms. The molecule has 1 fully saturated rings. The molecule has 3 rings (SSSR count). The Hall–Kier alpha value is -0.860. The van der Waals surface area contributed by atoms with Gasteiger partial charge < -0.3 is 10.6 Å². The van der Waals surface area contributed by atoms with Gasteiger partial charge in [-0.3, -0.25) is 0 Å². The monoisotopic (exact) mass is 244 g/mol. The van der Waals surface area contributed by atoms with Crippen LogP contribution in [0.3, 0.4) is 0 Å². The second-order valence-electron chi connectivity index (χ2n) is 5.92. The highest BCUT2D eigenvalue weighted by molar-refractivity contribution is 5.35. The summed E-state index contributed by atoms with van der Waals surface area (Å²) in [7, 11) is 0. The van der Waals surface area contributed by atoms with Crippen LogP contribution in [0.4, 0.5) is 0 Å². The fourth-order valence-electron chi connectivity index (χ4n) is 2.73. The second-order valence-corrected chi connectivity index (χ2v) is 5.92. The van der Waals surface area contributed by atoms with Crippen LogP contribution in [0.15, 0.2) is 18.2 Å². The Morgan fingerprint density at radius 2 is 2.06 bits per heavy atom. The zero-order valence-electron chi connectivity index (χ0n) is 11.3. The predicted molar refractivity (Wildman–Crippen MR) is 75.8 cm³/mol. The lowest BCUT2D eigenvalue weighted by Crippen LogP contribution is -2.36. The standard InChI is InChI=1S/C16H24N2/c1-12(10-18-16-7-8-16)17-11-13-5-6-14-3-2-4-15(14)9-13/h5-6,9,12,16-18H,2-4,7-8,10-11H2,1H3. The molecule has 1 atom stereocenters.